The summed E-state index contributed by atoms with van der Waals surface area (Å²) in [7, 11) is 0. The Labute approximate surface area is 240 Å². The van der Waals surface area contributed by atoms with Gasteiger partial charge in [0.05, 0.1) is 0 Å². The van der Waals surface area contributed by atoms with E-state index < -0.39 is 6.04 Å². The van der Waals surface area contributed by atoms with Gasteiger partial charge in [-0.1, -0.05) is 54.6 Å². The van der Waals surface area contributed by atoms with E-state index >= 15 is 0 Å². The van der Waals surface area contributed by atoms with Crippen LogP contribution in [0, 0.1) is 6.92 Å². The van der Waals surface area contributed by atoms with Crippen molar-refractivity contribution >= 4 is 29.3 Å². The van der Waals surface area contributed by atoms with Crippen LogP contribution in [0.3, 0.4) is 0 Å². The molecule has 3 aromatic carbocycles. The molecule has 3 heterocycles. The van der Waals surface area contributed by atoms with Gasteiger partial charge in [-0.25, -0.2) is 9.59 Å². The SMILES string of the molecule is Cc1c(N)ccc2c1CN(Cc1ccccc1)C(=O)[C@H](NC(=O)N1CCC(N3Cc4ccccc4NC3=O)CC1)C2. The Bertz CT molecular complexity index is 1470. The lowest BCUT2D eigenvalue weighted by Crippen LogP contribution is -2.55. The lowest BCUT2D eigenvalue weighted by molar-refractivity contribution is -0.134. The number of likely N-dealkylation sites (tertiary alicyclic amines) is 1. The fraction of sp³-hybridized carbons (Fsp3) is 0.344. The summed E-state index contributed by atoms with van der Waals surface area (Å²) >= 11 is 0. The standard InChI is InChI=1S/C32H36N6O3/c1-21-26-20-37(18-22-7-3-2-4-8-22)30(39)29(17-23(26)11-12-27(21)33)35-31(40)36-15-13-25(14-16-36)38-19-24-9-5-6-10-28(24)34-32(38)41/h2-12,25,29H,13-20,33H2,1H3,(H,34,41)(H,35,40)/t29-/m1/s1. The van der Waals surface area contributed by atoms with E-state index in [1.54, 1.807) is 4.90 Å². The molecule has 0 aliphatic carbocycles. The number of benzene rings is 3. The molecule has 3 aliphatic rings. The third-order valence-electron chi connectivity index (χ3n) is 8.69. The van der Waals surface area contributed by atoms with Crippen molar-refractivity contribution in [3.63, 3.8) is 0 Å². The van der Waals surface area contributed by atoms with Crippen molar-refractivity contribution in [3.8, 4) is 0 Å². The normalized spacial score (nSPS) is 19.2. The van der Waals surface area contributed by atoms with Gasteiger partial charge in [0.1, 0.15) is 6.04 Å². The highest BCUT2D eigenvalue weighted by atomic mass is 16.2. The van der Waals surface area contributed by atoms with Gasteiger partial charge in [-0.05, 0) is 59.7 Å². The first-order chi connectivity index (χ1) is 19.9. The van der Waals surface area contributed by atoms with Gasteiger partial charge in [-0.2, -0.15) is 0 Å². The van der Waals surface area contributed by atoms with Gasteiger partial charge >= 0.3 is 12.1 Å². The van der Waals surface area contributed by atoms with Crippen molar-refractivity contribution in [2.45, 2.75) is 57.9 Å². The average Bonchev–Trinajstić information content (AvgIpc) is 3.12. The van der Waals surface area contributed by atoms with E-state index in [4.69, 9.17) is 5.73 Å². The van der Waals surface area contributed by atoms with Crippen molar-refractivity contribution < 1.29 is 14.4 Å². The first-order valence-corrected chi connectivity index (χ1v) is 14.3. The second-order valence-corrected chi connectivity index (χ2v) is 11.2. The maximum atomic E-state index is 13.8. The molecule has 41 heavy (non-hydrogen) atoms. The minimum Gasteiger partial charge on any atom is -0.399 e. The van der Waals surface area contributed by atoms with Crippen LogP contribution in [0.4, 0.5) is 21.0 Å². The summed E-state index contributed by atoms with van der Waals surface area (Å²) in [6, 6.07) is 20.6. The highest BCUT2D eigenvalue weighted by molar-refractivity contribution is 5.92. The smallest absolute Gasteiger partial charge is 0.322 e. The monoisotopic (exact) mass is 552 g/mol. The summed E-state index contributed by atoms with van der Waals surface area (Å²) in [6.07, 6.45) is 1.78. The topological polar surface area (TPSA) is 111 Å². The summed E-state index contributed by atoms with van der Waals surface area (Å²) in [5.74, 6) is -0.102. The van der Waals surface area contributed by atoms with Crippen molar-refractivity contribution in [1.82, 2.24) is 20.0 Å². The molecule has 0 saturated carbocycles. The summed E-state index contributed by atoms with van der Waals surface area (Å²) < 4.78 is 0. The first kappa shape index (κ1) is 26.7. The Kier molecular flexibility index (Phi) is 7.26. The van der Waals surface area contributed by atoms with Crippen molar-refractivity contribution in [1.29, 1.82) is 0 Å². The minimum absolute atomic E-state index is 0.0496. The first-order valence-electron chi connectivity index (χ1n) is 14.3. The number of nitrogen functional groups attached to an aromatic ring is 1. The Morgan fingerprint density at radius 3 is 2.46 bits per heavy atom. The van der Waals surface area contributed by atoms with Crippen LogP contribution < -0.4 is 16.4 Å². The molecule has 3 aliphatic heterocycles. The van der Waals surface area contributed by atoms with Crippen LogP contribution in [-0.4, -0.2) is 57.8 Å². The van der Waals surface area contributed by atoms with Crippen LogP contribution >= 0.6 is 0 Å². The van der Waals surface area contributed by atoms with Gasteiger partial charge in [0.2, 0.25) is 5.91 Å². The zero-order valence-electron chi connectivity index (χ0n) is 23.3. The maximum Gasteiger partial charge on any atom is 0.322 e. The number of hydrogen-bond acceptors (Lipinski definition) is 4. The Morgan fingerprint density at radius 1 is 0.951 bits per heavy atom. The van der Waals surface area contributed by atoms with Crippen molar-refractivity contribution in [3.05, 3.63) is 94.5 Å². The summed E-state index contributed by atoms with van der Waals surface area (Å²) in [6.45, 7) is 4.48. The predicted octanol–water partition coefficient (Wildman–Crippen LogP) is 4.25. The van der Waals surface area contributed by atoms with E-state index in [-0.39, 0.29) is 24.0 Å². The molecule has 1 fully saturated rings. The molecule has 0 radical (unpaired) electrons. The highest BCUT2D eigenvalue weighted by Crippen LogP contribution is 2.29. The van der Waals surface area contributed by atoms with Gasteiger partial charge in [0.15, 0.2) is 0 Å². The Hall–Kier alpha value is -4.53. The average molecular weight is 553 g/mol. The molecule has 9 nitrogen and oxygen atoms in total. The number of fused-ring (bicyclic) bond motifs is 2. The molecule has 6 rings (SSSR count). The zero-order valence-corrected chi connectivity index (χ0v) is 23.3. The van der Waals surface area contributed by atoms with Crippen molar-refractivity contribution in [2.24, 2.45) is 0 Å². The molecule has 212 valence electrons. The summed E-state index contributed by atoms with van der Waals surface area (Å²) in [4.78, 5) is 45.5. The van der Waals surface area contributed by atoms with Gasteiger partial charge in [0, 0.05) is 56.6 Å². The van der Waals surface area contributed by atoms with Crippen LogP contribution in [0.1, 0.15) is 40.7 Å². The molecule has 0 bridgehead atoms. The lowest BCUT2D eigenvalue weighted by Gasteiger charge is -2.40. The molecule has 5 amide bonds. The fourth-order valence-corrected chi connectivity index (χ4v) is 6.23. The van der Waals surface area contributed by atoms with Gasteiger partial charge in [-0.15, -0.1) is 0 Å². The third kappa shape index (κ3) is 5.44. The number of nitrogens with two attached hydrogens (primary N) is 1. The zero-order chi connectivity index (χ0) is 28.5. The van der Waals surface area contributed by atoms with E-state index in [2.05, 4.69) is 10.6 Å². The highest BCUT2D eigenvalue weighted by Gasteiger charge is 2.35. The van der Waals surface area contributed by atoms with Crippen LogP contribution in [0.5, 0.6) is 0 Å². The molecule has 9 heteroatoms. The Balaban J connectivity index is 1.14. The number of para-hydroxylation sites is 1. The quantitative estimate of drug-likeness (QED) is 0.420. The Morgan fingerprint density at radius 2 is 1.68 bits per heavy atom. The van der Waals surface area contributed by atoms with Crippen LogP contribution in [0.25, 0.3) is 0 Å². The number of hydrogen-bond donors (Lipinski definition) is 3. The largest absolute Gasteiger partial charge is 0.399 e. The molecule has 1 saturated heterocycles. The summed E-state index contributed by atoms with van der Waals surface area (Å²) in [5.41, 5.74) is 13.0. The number of rotatable bonds is 4. The fourth-order valence-electron chi connectivity index (χ4n) is 6.23. The predicted molar refractivity (Wildman–Crippen MR) is 158 cm³/mol. The lowest BCUT2D eigenvalue weighted by atomic mass is 9.96. The van der Waals surface area contributed by atoms with Gasteiger partial charge < -0.3 is 31.1 Å². The molecule has 3 aromatic rings. The number of anilines is 2. The van der Waals surface area contributed by atoms with Crippen LogP contribution in [0.15, 0.2) is 66.7 Å². The number of carbonyl (C=O) groups excluding carboxylic acids is 3. The maximum absolute atomic E-state index is 13.8. The number of nitrogens with one attached hydrogen (secondary N) is 2. The van der Waals surface area contributed by atoms with Gasteiger partial charge in [0.25, 0.3) is 0 Å². The summed E-state index contributed by atoms with van der Waals surface area (Å²) in [5, 5.41) is 6.04. The van der Waals surface area contributed by atoms with E-state index in [0.29, 0.717) is 57.7 Å². The number of carbonyl (C=O) groups is 3. The molecule has 0 aromatic heterocycles. The second-order valence-electron chi connectivity index (χ2n) is 11.2. The number of nitrogens with zero attached hydrogens (tertiary/aromatic N) is 3. The van der Waals surface area contributed by atoms with E-state index in [0.717, 1.165) is 33.5 Å². The third-order valence-corrected chi connectivity index (χ3v) is 8.69. The number of amides is 5. The van der Waals surface area contributed by atoms with E-state index in [9.17, 15) is 14.4 Å². The van der Waals surface area contributed by atoms with E-state index in [1.807, 2.05) is 83.5 Å². The molecule has 1 atom stereocenters. The van der Waals surface area contributed by atoms with Crippen LogP contribution in [0.2, 0.25) is 0 Å². The minimum atomic E-state index is -0.683. The van der Waals surface area contributed by atoms with E-state index in [1.165, 1.54) is 0 Å². The molecular formula is C32H36N6O3. The molecule has 0 spiro atoms. The molecule has 0 unspecified atom stereocenters. The van der Waals surface area contributed by atoms with Crippen LogP contribution in [-0.2, 0) is 30.8 Å². The number of urea groups is 2. The molecular weight excluding hydrogens is 516 g/mol. The van der Waals surface area contributed by atoms with Gasteiger partial charge in [-0.3, -0.25) is 4.79 Å². The van der Waals surface area contributed by atoms with Crippen molar-refractivity contribution in [2.75, 3.05) is 24.1 Å². The molecule has 4 N–H and O–H groups in total. The number of piperidine rings is 1. The second kappa shape index (κ2) is 11.2.